The average Bonchev–Trinajstić information content (AvgIpc) is 2.55. The number of aromatic nitrogens is 2. The molecule has 0 fully saturated rings. The van der Waals surface area contributed by atoms with Crippen LogP contribution in [0.15, 0.2) is 0 Å². The Morgan fingerprint density at radius 1 is 1.44 bits per heavy atom. The molecule has 92 valence electrons. The number of rotatable bonds is 5. The van der Waals surface area contributed by atoms with Gasteiger partial charge in [-0.05, 0) is 13.3 Å². The molecule has 2 N–H and O–H groups in total. The molecule has 0 spiro atoms. The van der Waals surface area contributed by atoms with Crippen LogP contribution in [0.2, 0.25) is 5.02 Å². The fourth-order valence-corrected chi connectivity index (χ4v) is 1.87. The Morgan fingerprint density at radius 3 is 2.50 bits per heavy atom. The predicted molar refractivity (Wildman–Crippen MR) is 60.0 cm³/mol. The normalized spacial score (nSPS) is 13.4. The first kappa shape index (κ1) is 13.4. The molecule has 0 amide bonds. The summed E-state index contributed by atoms with van der Waals surface area (Å²) in [5.41, 5.74) is 6.68. The maximum Gasteiger partial charge on any atom is 0.253 e. The van der Waals surface area contributed by atoms with E-state index in [-0.39, 0.29) is 6.42 Å². The van der Waals surface area contributed by atoms with Crippen molar-refractivity contribution >= 4 is 11.6 Å². The molecule has 0 bridgehead atoms. The highest BCUT2D eigenvalue weighted by Crippen LogP contribution is 2.23. The smallest absolute Gasteiger partial charge is 0.253 e. The first-order valence-electron chi connectivity index (χ1n) is 5.29. The van der Waals surface area contributed by atoms with Crippen molar-refractivity contribution in [2.45, 2.75) is 45.7 Å². The molecule has 1 heterocycles. The minimum Gasteiger partial charge on any atom is -0.323 e. The van der Waals surface area contributed by atoms with Crippen molar-refractivity contribution in [2.24, 2.45) is 5.73 Å². The molecule has 1 aromatic rings. The lowest BCUT2D eigenvalue weighted by molar-refractivity contribution is 0.115. The van der Waals surface area contributed by atoms with Gasteiger partial charge in [0.1, 0.15) is 0 Å². The van der Waals surface area contributed by atoms with Crippen molar-refractivity contribution in [1.82, 2.24) is 9.78 Å². The van der Waals surface area contributed by atoms with Gasteiger partial charge in [-0.1, -0.05) is 18.5 Å². The summed E-state index contributed by atoms with van der Waals surface area (Å²) in [6, 6.07) is -1.19. The first-order chi connectivity index (χ1) is 7.51. The Kier molecular flexibility index (Phi) is 4.68. The molecule has 0 aromatic carbocycles. The second kappa shape index (κ2) is 5.59. The summed E-state index contributed by atoms with van der Waals surface area (Å²) in [6.45, 7) is 4.41. The molecule has 3 nitrogen and oxygen atoms in total. The van der Waals surface area contributed by atoms with Crippen molar-refractivity contribution in [3.05, 3.63) is 16.4 Å². The number of hydrogen-bond acceptors (Lipinski definition) is 2. The quantitative estimate of drug-likeness (QED) is 0.872. The highest BCUT2D eigenvalue weighted by Gasteiger charge is 2.21. The summed E-state index contributed by atoms with van der Waals surface area (Å²) in [6.07, 6.45) is -1.80. The van der Waals surface area contributed by atoms with Crippen LogP contribution in [0.4, 0.5) is 8.78 Å². The topological polar surface area (TPSA) is 43.8 Å². The maximum atomic E-state index is 12.4. The molecule has 0 saturated heterocycles. The second-order valence-electron chi connectivity index (χ2n) is 3.58. The third kappa shape index (κ3) is 2.71. The molecular weight excluding hydrogens is 236 g/mol. The zero-order valence-corrected chi connectivity index (χ0v) is 10.1. The Labute approximate surface area is 98.6 Å². The molecule has 1 atom stereocenters. The van der Waals surface area contributed by atoms with E-state index in [0.717, 1.165) is 5.69 Å². The van der Waals surface area contributed by atoms with Gasteiger partial charge in [-0.15, -0.1) is 0 Å². The second-order valence-corrected chi connectivity index (χ2v) is 3.96. The lowest BCUT2D eigenvalue weighted by Gasteiger charge is -2.11. The van der Waals surface area contributed by atoms with Gasteiger partial charge >= 0.3 is 0 Å². The Morgan fingerprint density at radius 2 is 2.06 bits per heavy atom. The van der Waals surface area contributed by atoms with Crippen LogP contribution < -0.4 is 5.73 Å². The van der Waals surface area contributed by atoms with Crippen LogP contribution in [0, 0.1) is 0 Å². The fraction of sp³-hybridized carbons (Fsp3) is 0.700. The largest absolute Gasteiger partial charge is 0.323 e. The van der Waals surface area contributed by atoms with Crippen LogP contribution in [0.1, 0.15) is 25.2 Å². The number of alkyl halides is 2. The van der Waals surface area contributed by atoms with Gasteiger partial charge in [-0.2, -0.15) is 5.10 Å². The zero-order valence-electron chi connectivity index (χ0n) is 9.38. The van der Waals surface area contributed by atoms with Gasteiger partial charge in [0.25, 0.3) is 6.43 Å². The van der Waals surface area contributed by atoms with Gasteiger partial charge < -0.3 is 5.73 Å². The molecule has 1 aromatic heterocycles. The molecule has 1 rings (SSSR count). The lowest BCUT2D eigenvalue weighted by atomic mass is 10.1. The Hall–Kier alpha value is -0.680. The first-order valence-corrected chi connectivity index (χ1v) is 5.66. The highest BCUT2D eigenvalue weighted by molar-refractivity contribution is 6.31. The van der Waals surface area contributed by atoms with Crippen molar-refractivity contribution in [2.75, 3.05) is 0 Å². The van der Waals surface area contributed by atoms with Gasteiger partial charge in [0.2, 0.25) is 0 Å². The highest BCUT2D eigenvalue weighted by atomic mass is 35.5. The summed E-state index contributed by atoms with van der Waals surface area (Å²) < 4.78 is 26.4. The molecule has 1 unspecified atom stereocenters. The summed E-state index contributed by atoms with van der Waals surface area (Å²) >= 11 is 6.07. The standard InChI is InChI=1S/C10H16ClF2N3/c1-3-7-9(11)8(16(4-2)15-7)5-6(14)10(12)13/h6,10H,3-5,14H2,1-2H3. The SMILES string of the molecule is CCc1nn(CC)c(CC(N)C(F)F)c1Cl. The van der Waals surface area contributed by atoms with Crippen molar-refractivity contribution in [3.63, 3.8) is 0 Å². The van der Waals surface area contributed by atoms with Gasteiger partial charge in [0, 0.05) is 13.0 Å². The number of halogens is 3. The molecule has 0 radical (unpaired) electrons. The van der Waals surface area contributed by atoms with E-state index in [0.29, 0.717) is 23.7 Å². The molecular formula is C10H16ClF2N3. The Bertz CT molecular complexity index is 352. The maximum absolute atomic E-state index is 12.4. The molecule has 0 aliphatic carbocycles. The molecule has 16 heavy (non-hydrogen) atoms. The molecule has 0 aliphatic heterocycles. The summed E-state index contributed by atoms with van der Waals surface area (Å²) in [5, 5.41) is 4.72. The van der Waals surface area contributed by atoms with Crippen molar-refractivity contribution in [3.8, 4) is 0 Å². The summed E-state index contributed by atoms with van der Waals surface area (Å²) in [5.74, 6) is 0. The van der Waals surface area contributed by atoms with Gasteiger partial charge in [0.15, 0.2) is 0 Å². The van der Waals surface area contributed by atoms with E-state index in [9.17, 15) is 8.78 Å². The predicted octanol–water partition coefficient (Wildman–Crippen LogP) is 2.25. The third-order valence-corrected chi connectivity index (χ3v) is 2.88. The monoisotopic (exact) mass is 251 g/mol. The van der Waals surface area contributed by atoms with E-state index < -0.39 is 12.5 Å². The van der Waals surface area contributed by atoms with Crippen LogP contribution in [0.3, 0.4) is 0 Å². The third-order valence-electron chi connectivity index (χ3n) is 2.45. The molecule has 0 saturated carbocycles. The minimum absolute atomic E-state index is 0.0529. The van der Waals surface area contributed by atoms with E-state index in [1.807, 2.05) is 13.8 Å². The van der Waals surface area contributed by atoms with Crippen LogP contribution in [0.25, 0.3) is 0 Å². The summed E-state index contributed by atoms with van der Waals surface area (Å²) in [7, 11) is 0. The van der Waals surface area contributed by atoms with Crippen molar-refractivity contribution < 1.29 is 8.78 Å². The lowest BCUT2D eigenvalue weighted by Crippen LogP contribution is -2.32. The minimum atomic E-state index is -2.54. The molecule has 6 heteroatoms. The van der Waals surface area contributed by atoms with Crippen LogP contribution in [-0.4, -0.2) is 22.2 Å². The van der Waals surface area contributed by atoms with Crippen LogP contribution >= 0.6 is 11.6 Å². The van der Waals surface area contributed by atoms with Gasteiger partial charge in [-0.3, -0.25) is 4.68 Å². The fourth-order valence-electron chi connectivity index (χ4n) is 1.52. The number of nitrogens with zero attached hydrogens (tertiary/aromatic N) is 2. The van der Waals surface area contributed by atoms with Crippen LogP contribution in [0.5, 0.6) is 0 Å². The molecule has 0 aliphatic rings. The van der Waals surface area contributed by atoms with E-state index in [1.165, 1.54) is 0 Å². The average molecular weight is 252 g/mol. The van der Waals surface area contributed by atoms with Gasteiger partial charge in [0.05, 0.1) is 22.5 Å². The number of aryl methyl sites for hydroxylation is 2. The number of hydrogen-bond donors (Lipinski definition) is 1. The number of nitrogens with two attached hydrogens (primary N) is 1. The van der Waals surface area contributed by atoms with Crippen LogP contribution in [-0.2, 0) is 19.4 Å². The van der Waals surface area contributed by atoms with E-state index in [4.69, 9.17) is 17.3 Å². The van der Waals surface area contributed by atoms with Gasteiger partial charge in [-0.25, -0.2) is 8.78 Å². The zero-order chi connectivity index (χ0) is 12.3. The van der Waals surface area contributed by atoms with E-state index in [2.05, 4.69) is 5.10 Å². The van der Waals surface area contributed by atoms with E-state index >= 15 is 0 Å². The van der Waals surface area contributed by atoms with Crippen molar-refractivity contribution in [1.29, 1.82) is 0 Å². The van der Waals surface area contributed by atoms with E-state index in [1.54, 1.807) is 4.68 Å². The Balaban J connectivity index is 2.97. The summed E-state index contributed by atoms with van der Waals surface area (Å²) in [4.78, 5) is 0.